The van der Waals surface area contributed by atoms with E-state index in [0.29, 0.717) is 42.3 Å². The second kappa shape index (κ2) is 9.41. The van der Waals surface area contributed by atoms with Crippen molar-refractivity contribution in [1.29, 1.82) is 0 Å². The summed E-state index contributed by atoms with van der Waals surface area (Å²) in [6.45, 7) is 1.07. The molecule has 1 atom stereocenters. The summed E-state index contributed by atoms with van der Waals surface area (Å²) in [5.41, 5.74) is 3.23. The van der Waals surface area contributed by atoms with Gasteiger partial charge in [-0.15, -0.1) is 0 Å². The van der Waals surface area contributed by atoms with E-state index in [-0.39, 0.29) is 17.7 Å². The van der Waals surface area contributed by atoms with E-state index in [9.17, 15) is 9.90 Å². The lowest BCUT2D eigenvalue weighted by molar-refractivity contribution is 0.0723. The Morgan fingerprint density at radius 2 is 1.76 bits per heavy atom. The number of hydrogen-bond acceptors (Lipinski definition) is 5. The highest BCUT2D eigenvalue weighted by atomic mass is 16.5. The van der Waals surface area contributed by atoms with Crippen LogP contribution in [-0.4, -0.2) is 46.4 Å². The van der Waals surface area contributed by atoms with Crippen molar-refractivity contribution < 1.29 is 19.4 Å². The van der Waals surface area contributed by atoms with Gasteiger partial charge in [0.15, 0.2) is 0 Å². The van der Waals surface area contributed by atoms with Crippen molar-refractivity contribution in [2.45, 2.75) is 12.5 Å². The van der Waals surface area contributed by atoms with Crippen LogP contribution in [0.1, 0.15) is 34.1 Å². The van der Waals surface area contributed by atoms with Gasteiger partial charge in [0.1, 0.15) is 28.6 Å². The zero-order chi connectivity index (χ0) is 23.5. The van der Waals surface area contributed by atoms with Crippen LogP contribution < -0.4 is 4.74 Å². The topological polar surface area (TPSA) is 87.7 Å². The van der Waals surface area contributed by atoms with Gasteiger partial charge in [0.25, 0.3) is 5.91 Å². The molecule has 2 heterocycles. The molecule has 3 aromatic carbocycles. The minimum Gasteiger partial charge on any atom is -0.507 e. The summed E-state index contributed by atoms with van der Waals surface area (Å²) in [5.74, 6) is 1.40. The number of amides is 1. The Morgan fingerprint density at radius 3 is 2.56 bits per heavy atom. The number of H-pyrrole nitrogens is 1. The van der Waals surface area contributed by atoms with Crippen molar-refractivity contribution in [2.24, 2.45) is 0 Å². The standard InChI is InChI=1S/C27H25N3O4/c1-33-16-8-15-30-26(18-9-7-12-20(17-18)34-19-10-3-2-4-11-19)23-24(28-29-25(23)27(30)32)21-13-5-6-14-22(21)31/h2-7,9-14,17,26,31H,8,15-16H2,1H3,(H,28,29)/t26-/m0/s1. The average Bonchev–Trinajstić information content (AvgIpc) is 3.39. The number of aromatic hydroxyl groups is 1. The van der Waals surface area contributed by atoms with E-state index in [1.807, 2.05) is 65.6 Å². The second-order valence-corrected chi connectivity index (χ2v) is 8.11. The van der Waals surface area contributed by atoms with Gasteiger partial charge in [-0.25, -0.2) is 0 Å². The number of para-hydroxylation sites is 2. The van der Waals surface area contributed by atoms with Crippen molar-refractivity contribution >= 4 is 5.91 Å². The third-order valence-corrected chi connectivity index (χ3v) is 5.92. The minimum absolute atomic E-state index is 0.113. The third kappa shape index (κ3) is 4.02. The number of methoxy groups -OCH3 is 1. The highest BCUT2D eigenvalue weighted by Crippen LogP contribution is 2.45. The fraction of sp³-hybridized carbons (Fsp3) is 0.185. The maximum atomic E-state index is 13.4. The number of phenols is 1. The van der Waals surface area contributed by atoms with Gasteiger partial charge in [-0.2, -0.15) is 5.10 Å². The van der Waals surface area contributed by atoms with E-state index in [1.165, 1.54) is 0 Å². The Hall–Kier alpha value is -4.10. The molecular weight excluding hydrogens is 430 g/mol. The highest BCUT2D eigenvalue weighted by molar-refractivity contribution is 6.00. The van der Waals surface area contributed by atoms with Crippen LogP contribution in [0.3, 0.4) is 0 Å². The Labute approximate surface area is 197 Å². The van der Waals surface area contributed by atoms with Gasteiger partial charge in [-0.1, -0.05) is 42.5 Å². The molecule has 34 heavy (non-hydrogen) atoms. The Balaban J connectivity index is 1.58. The molecule has 0 spiro atoms. The number of aromatic nitrogens is 2. The number of hydrogen-bond donors (Lipinski definition) is 2. The van der Waals surface area contributed by atoms with E-state index in [4.69, 9.17) is 9.47 Å². The van der Waals surface area contributed by atoms with Gasteiger partial charge in [0.05, 0.1) is 6.04 Å². The summed E-state index contributed by atoms with van der Waals surface area (Å²) in [7, 11) is 1.65. The molecule has 1 aromatic heterocycles. The maximum Gasteiger partial charge on any atom is 0.273 e. The summed E-state index contributed by atoms with van der Waals surface area (Å²) >= 11 is 0. The monoisotopic (exact) mass is 455 g/mol. The molecule has 0 fully saturated rings. The Kier molecular flexibility index (Phi) is 6.01. The van der Waals surface area contributed by atoms with Crippen molar-refractivity contribution in [2.75, 3.05) is 20.3 Å². The molecule has 1 aliphatic heterocycles. The molecule has 0 bridgehead atoms. The van der Waals surface area contributed by atoms with Crippen molar-refractivity contribution in [3.8, 4) is 28.5 Å². The number of phenolic OH excluding ortho intramolecular Hbond substituents is 1. The average molecular weight is 456 g/mol. The first kappa shape index (κ1) is 21.7. The van der Waals surface area contributed by atoms with E-state index >= 15 is 0 Å². The molecule has 2 N–H and O–H groups in total. The lowest BCUT2D eigenvalue weighted by Gasteiger charge is -2.26. The number of aromatic amines is 1. The van der Waals surface area contributed by atoms with Crippen LogP contribution in [0.25, 0.3) is 11.3 Å². The van der Waals surface area contributed by atoms with Crippen molar-refractivity contribution in [3.63, 3.8) is 0 Å². The number of nitrogens with one attached hydrogen (secondary N) is 1. The predicted octanol–water partition coefficient (Wildman–Crippen LogP) is 5.16. The van der Waals surface area contributed by atoms with Crippen molar-refractivity contribution in [3.05, 3.63) is 95.7 Å². The number of ether oxygens (including phenoxy) is 2. The molecule has 0 unspecified atom stereocenters. The van der Waals surface area contributed by atoms with Crippen LogP contribution in [0.5, 0.6) is 17.2 Å². The lowest BCUT2D eigenvalue weighted by Crippen LogP contribution is -2.31. The minimum atomic E-state index is -0.382. The molecule has 7 heteroatoms. The first-order valence-corrected chi connectivity index (χ1v) is 11.2. The fourth-order valence-electron chi connectivity index (χ4n) is 4.41. The van der Waals surface area contributed by atoms with Crippen LogP contribution in [0.15, 0.2) is 78.9 Å². The maximum absolute atomic E-state index is 13.4. The lowest BCUT2D eigenvalue weighted by atomic mass is 9.95. The van der Waals surface area contributed by atoms with Gasteiger partial charge >= 0.3 is 0 Å². The zero-order valence-electron chi connectivity index (χ0n) is 18.8. The fourth-order valence-corrected chi connectivity index (χ4v) is 4.41. The van der Waals surface area contributed by atoms with Crippen LogP contribution in [-0.2, 0) is 4.74 Å². The van der Waals surface area contributed by atoms with Crippen LogP contribution >= 0.6 is 0 Å². The molecule has 7 nitrogen and oxygen atoms in total. The summed E-state index contributed by atoms with van der Waals surface area (Å²) in [4.78, 5) is 15.2. The first-order valence-electron chi connectivity index (χ1n) is 11.2. The second-order valence-electron chi connectivity index (χ2n) is 8.11. The number of benzene rings is 3. The Bertz CT molecular complexity index is 1300. The van der Waals surface area contributed by atoms with Crippen LogP contribution in [0.2, 0.25) is 0 Å². The predicted molar refractivity (Wildman–Crippen MR) is 128 cm³/mol. The van der Waals surface area contributed by atoms with E-state index in [1.54, 1.807) is 25.3 Å². The third-order valence-electron chi connectivity index (χ3n) is 5.92. The number of rotatable bonds is 8. The molecule has 0 saturated heterocycles. The summed E-state index contributed by atoms with van der Waals surface area (Å²) in [6.07, 6.45) is 0.697. The molecule has 1 amide bonds. The normalized spacial score (nSPS) is 14.9. The van der Waals surface area contributed by atoms with E-state index < -0.39 is 0 Å². The number of fused-ring (bicyclic) bond motifs is 1. The zero-order valence-corrected chi connectivity index (χ0v) is 18.8. The quantitative estimate of drug-likeness (QED) is 0.359. The van der Waals surface area contributed by atoms with E-state index in [0.717, 1.165) is 16.9 Å². The van der Waals surface area contributed by atoms with Gasteiger partial charge in [0, 0.05) is 31.4 Å². The van der Waals surface area contributed by atoms with Gasteiger partial charge < -0.3 is 19.5 Å². The molecule has 5 rings (SSSR count). The van der Waals surface area contributed by atoms with Crippen LogP contribution in [0.4, 0.5) is 0 Å². The summed E-state index contributed by atoms with van der Waals surface area (Å²) in [5, 5.41) is 17.8. The number of carbonyl (C=O) groups excluding carboxylic acids is 1. The summed E-state index contributed by atoms with van der Waals surface area (Å²) < 4.78 is 11.3. The number of nitrogens with zero attached hydrogens (tertiary/aromatic N) is 2. The largest absolute Gasteiger partial charge is 0.507 e. The Morgan fingerprint density at radius 1 is 1.00 bits per heavy atom. The molecule has 172 valence electrons. The molecule has 0 radical (unpaired) electrons. The summed E-state index contributed by atoms with van der Waals surface area (Å²) in [6, 6.07) is 23.9. The van der Waals surface area contributed by atoms with Gasteiger partial charge in [-0.05, 0) is 48.4 Å². The molecule has 0 aliphatic carbocycles. The first-order chi connectivity index (χ1) is 16.7. The molecule has 4 aromatic rings. The van der Waals surface area contributed by atoms with Gasteiger partial charge in [0.2, 0.25) is 0 Å². The number of carbonyl (C=O) groups is 1. The van der Waals surface area contributed by atoms with Crippen molar-refractivity contribution in [1.82, 2.24) is 15.1 Å². The molecular formula is C27H25N3O4. The SMILES string of the molecule is COCCCN1C(=O)c2[nH]nc(-c3ccccc3O)c2[C@@H]1c1cccc(Oc2ccccc2)c1. The smallest absolute Gasteiger partial charge is 0.273 e. The highest BCUT2D eigenvalue weighted by Gasteiger charge is 2.42. The van der Waals surface area contributed by atoms with E-state index in [2.05, 4.69) is 10.2 Å². The van der Waals surface area contributed by atoms with Crippen LogP contribution in [0, 0.1) is 0 Å². The molecule has 0 saturated carbocycles. The van der Waals surface area contributed by atoms with Gasteiger partial charge in [-0.3, -0.25) is 9.89 Å². The molecule has 1 aliphatic rings.